The Morgan fingerprint density at radius 1 is 0.824 bits per heavy atom. The summed E-state index contributed by atoms with van der Waals surface area (Å²) in [4.78, 5) is 6.79. The third kappa shape index (κ3) is 2.23. The van der Waals surface area contributed by atoms with Gasteiger partial charge in [0.15, 0.2) is 0 Å². The summed E-state index contributed by atoms with van der Waals surface area (Å²) in [6.45, 7) is 3.92. The van der Waals surface area contributed by atoms with Gasteiger partial charge in [-0.25, -0.2) is 0 Å². The Hall–Kier alpha value is -0.900. The van der Waals surface area contributed by atoms with E-state index in [1.807, 2.05) is 22.7 Å². The summed E-state index contributed by atoms with van der Waals surface area (Å²) in [5, 5.41) is 2.13. The van der Waals surface area contributed by atoms with Crippen molar-refractivity contribution in [2.75, 3.05) is 0 Å². The molecule has 0 saturated heterocycles. The predicted molar refractivity (Wildman–Crippen MR) is 80.0 cm³/mol. The summed E-state index contributed by atoms with van der Waals surface area (Å²) in [6, 6.07) is 13.1. The lowest BCUT2D eigenvalue weighted by molar-refractivity contribution is 1.35. The van der Waals surface area contributed by atoms with Crippen LogP contribution in [0.15, 0.2) is 41.8 Å². The Balaban J connectivity index is 1.94. The second-order valence-electron chi connectivity index (χ2n) is 3.66. The van der Waals surface area contributed by atoms with Gasteiger partial charge in [0.2, 0.25) is 0 Å². The van der Waals surface area contributed by atoms with Crippen molar-refractivity contribution in [3.05, 3.63) is 53.6 Å². The van der Waals surface area contributed by atoms with E-state index in [0.717, 1.165) is 6.42 Å². The van der Waals surface area contributed by atoms with Crippen molar-refractivity contribution in [3.8, 4) is 19.5 Å². The van der Waals surface area contributed by atoms with E-state index in [4.69, 9.17) is 0 Å². The van der Waals surface area contributed by atoms with Gasteiger partial charge in [-0.1, -0.05) is 6.07 Å². The highest BCUT2D eigenvalue weighted by Crippen LogP contribution is 2.38. The van der Waals surface area contributed by atoms with E-state index in [2.05, 4.69) is 48.7 Å². The summed E-state index contributed by atoms with van der Waals surface area (Å²) >= 11 is 5.51. The van der Waals surface area contributed by atoms with E-state index >= 15 is 0 Å². The maximum Gasteiger partial charge on any atom is 0.0449 e. The molecule has 17 heavy (non-hydrogen) atoms. The SMILES string of the molecule is [CH2]Cc1ccc(-c2ccc(-c3cccs3)s2)s1. The molecule has 0 N–H and O–H groups in total. The van der Waals surface area contributed by atoms with Crippen molar-refractivity contribution in [3.63, 3.8) is 0 Å². The Labute approximate surface area is 113 Å². The van der Waals surface area contributed by atoms with E-state index in [0.29, 0.717) is 0 Å². The summed E-state index contributed by atoms with van der Waals surface area (Å²) in [6.07, 6.45) is 0.883. The summed E-state index contributed by atoms with van der Waals surface area (Å²) in [5.41, 5.74) is 0. The molecule has 0 bridgehead atoms. The zero-order valence-corrected chi connectivity index (χ0v) is 11.6. The molecule has 0 nitrogen and oxygen atoms in total. The molecule has 3 heterocycles. The first kappa shape index (κ1) is 11.2. The lowest BCUT2D eigenvalue weighted by Gasteiger charge is -1.90. The van der Waals surface area contributed by atoms with Crippen LogP contribution >= 0.6 is 34.0 Å². The lowest BCUT2D eigenvalue weighted by Crippen LogP contribution is -1.64. The van der Waals surface area contributed by atoms with Gasteiger partial charge in [0, 0.05) is 24.4 Å². The second kappa shape index (κ2) is 4.77. The molecule has 0 aliphatic rings. The maximum atomic E-state index is 3.92. The van der Waals surface area contributed by atoms with Gasteiger partial charge in [-0.3, -0.25) is 0 Å². The van der Waals surface area contributed by atoms with Crippen molar-refractivity contribution in [2.24, 2.45) is 0 Å². The molecule has 3 aromatic rings. The second-order valence-corrected chi connectivity index (χ2v) is 6.86. The van der Waals surface area contributed by atoms with E-state index in [9.17, 15) is 0 Å². The van der Waals surface area contributed by atoms with Crippen LogP contribution in [-0.2, 0) is 6.42 Å². The molecule has 3 rings (SSSR count). The maximum absolute atomic E-state index is 3.92. The molecular formula is C14H11S3. The molecule has 3 aromatic heterocycles. The van der Waals surface area contributed by atoms with Gasteiger partial charge >= 0.3 is 0 Å². The van der Waals surface area contributed by atoms with Crippen molar-refractivity contribution in [1.82, 2.24) is 0 Å². The summed E-state index contributed by atoms with van der Waals surface area (Å²) in [5.74, 6) is 0. The molecule has 0 aliphatic heterocycles. The fraction of sp³-hybridized carbons (Fsp3) is 0.0714. The Morgan fingerprint density at radius 3 is 2.18 bits per heavy atom. The monoisotopic (exact) mass is 275 g/mol. The highest BCUT2D eigenvalue weighted by Gasteiger charge is 2.07. The minimum Gasteiger partial charge on any atom is -0.143 e. The van der Waals surface area contributed by atoms with Crippen LogP contribution in [0.5, 0.6) is 0 Å². The number of thiophene rings is 3. The molecule has 0 unspecified atom stereocenters. The van der Waals surface area contributed by atoms with Crippen molar-refractivity contribution < 1.29 is 0 Å². The van der Waals surface area contributed by atoms with E-state index < -0.39 is 0 Å². The van der Waals surface area contributed by atoms with Gasteiger partial charge < -0.3 is 0 Å². The Bertz CT molecular complexity index is 599. The zero-order chi connectivity index (χ0) is 11.7. The van der Waals surface area contributed by atoms with Crippen LogP contribution in [0.1, 0.15) is 4.88 Å². The third-order valence-electron chi connectivity index (χ3n) is 2.52. The van der Waals surface area contributed by atoms with Crippen LogP contribution in [0.3, 0.4) is 0 Å². The molecule has 0 atom stereocenters. The van der Waals surface area contributed by atoms with Gasteiger partial charge in [-0.2, -0.15) is 0 Å². The standard InChI is InChI=1S/C14H11S3/c1-2-10-5-6-13(16-10)14-8-7-12(17-14)11-4-3-9-15-11/h3-9H,1-2H2. The normalized spacial score (nSPS) is 10.9. The number of hydrogen-bond acceptors (Lipinski definition) is 3. The van der Waals surface area contributed by atoms with Crippen molar-refractivity contribution >= 4 is 34.0 Å². The van der Waals surface area contributed by atoms with Crippen LogP contribution < -0.4 is 0 Å². The fourth-order valence-electron chi connectivity index (χ4n) is 1.67. The average molecular weight is 275 g/mol. The minimum atomic E-state index is 0.883. The van der Waals surface area contributed by atoms with Crippen LogP contribution in [0.25, 0.3) is 19.5 Å². The highest BCUT2D eigenvalue weighted by molar-refractivity contribution is 7.26. The van der Waals surface area contributed by atoms with Crippen LogP contribution in [0.4, 0.5) is 0 Å². The highest BCUT2D eigenvalue weighted by atomic mass is 32.1. The quantitative estimate of drug-likeness (QED) is 0.585. The van der Waals surface area contributed by atoms with Gasteiger partial charge in [0.1, 0.15) is 0 Å². The van der Waals surface area contributed by atoms with Gasteiger partial charge in [0.05, 0.1) is 0 Å². The van der Waals surface area contributed by atoms with Gasteiger partial charge in [-0.15, -0.1) is 34.0 Å². The minimum absolute atomic E-state index is 0.883. The average Bonchev–Trinajstić information content (AvgIpc) is 3.09. The summed E-state index contributed by atoms with van der Waals surface area (Å²) in [7, 11) is 0. The number of hydrogen-bond donors (Lipinski definition) is 0. The molecule has 3 heteroatoms. The molecule has 0 saturated carbocycles. The van der Waals surface area contributed by atoms with Crippen LogP contribution in [-0.4, -0.2) is 0 Å². The Kier molecular flexibility index (Phi) is 3.14. The van der Waals surface area contributed by atoms with Crippen LogP contribution in [0.2, 0.25) is 0 Å². The fourth-order valence-corrected chi connectivity index (χ4v) is 4.50. The van der Waals surface area contributed by atoms with Gasteiger partial charge in [0.25, 0.3) is 0 Å². The third-order valence-corrected chi connectivity index (χ3v) is 6.01. The molecular weight excluding hydrogens is 264 g/mol. The van der Waals surface area contributed by atoms with E-state index in [1.165, 1.54) is 24.4 Å². The smallest absolute Gasteiger partial charge is 0.0449 e. The van der Waals surface area contributed by atoms with Crippen molar-refractivity contribution in [2.45, 2.75) is 6.42 Å². The lowest BCUT2D eigenvalue weighted by atomic mass is 10.3. The molecule has 0 spiro atoms. The Morgan fingerprint density at radius 2 is 1.53 bits per heavy atom. The topological polar surface area (TPSA) is 0 Å². The first-order valence-electron chi connectivity index (χ1n) is 5.39. The summed E-state index contributed by atoms with van der Waals surface area (Å²) < 4.78 is 0. The van der Waals surface area contributed by atoms with Crippen LogP contribution in [0, 0.1) is 6.92 Å². The molecule has 0 aliphatic carbocycles. The predicted octanol–water partition coefficient (Wildman–Crippen LogP) is 5.58. The van der Waals surface area contributed by atoms with Crippen molar-refractivity contribution in [1.29, 1.82) is 0 Å². The van der Waals surface area contributed by atoms with E-state index in [-0.39, 0.29) is 0 Å². The molecule has 1 radical (unpaired) electrons. The first-order chi connectivity index (χ1) is 8.36. The molecule has 0 amide bonds. The largest absolute Gasteiger partial charge is 0.143 e. The molecule has 0 fully saturated rings. The molecule has 0 aromatic carbocycles. The van der Waals surface area contributed by atoms with Gasteiger partial charge in [-0.05, 0) is 49.1 Å². The zero-order valence-electron chi connectivity index (χ0n) is 9.18. The molecule has 85 valence electrons. The van der Waals surface area contributed by atoms with E-state index in [1.54, 1.807) is 11.3 Å². The first-order valence-corrected chi connectivity index (χ1v) is 7.90. The number of rotatable bonds is 3.